The molecule has 1 aromatic heterocycles. The standard InChI is InChI=1S/C13H23N3O/c1-3-5-14-7-12-8-15-10-16(12)13-4-6-17-9-11(13)2/h8,10-11,13-14H,3-7,9H2,1-2H3. The van der Waals surface area contributed by atoms with E-state index in [1.807, 2.05) is 12.5 Å². The molecule has 0 amide bonds. The van der Waals surface area contributed by atoms with Crippen molar-refractivity contribution in [3.63, 3.8) is 0 Å². The lowest BCUT2D eigenvalue weighted by molar-refractivity contribution is 0.0278. The van der Waals surface area contributed by atoms with Crippen LogP contribution in [0.4, 0.5) is 0 Å². The van der Waals surface area contributed by atoms with Crippen LogP contribution in [0.3, 0.4) is 0 Å². The van der Waals surface area contributed by atoms with Crippen LogP contribution < -0.4 is 5.32 Å². The molecule has 96 valence electrons. The largest absolute Gasteiger partial charge is 0.381 e. The molecule has 0 radical (unpaired) electrons. The van der Waals surface area contributed by atoms with Gasteiger partial charge in [0.1, 0.15) is 0 Å². The molecule has 17 heavy (non-hydrogen) atoms. The molecular formula is C13H23N3O. The first kappa shape index (κ1) is 12.6. The molecule has 1 saturated heterocycles. The Hall–Kier alpha value is -0.870. The average Bonchev–Trinajstić information content (AvgIpc) is 2.78. The van der Waals surface area contributed by atoms with Crippen LogP contribution in [0, 0.1) is 5.92 Å². The number of hydrogen-bond donors (Lipinski definition) is 1. The Labute approximate surface area is 103 Å². The van der Waals surface area contributed by atoms with E-state index in [0.717, 1.165) is 32.7 Å². The molecular weight excluding hydrogens is 214 g/mol. The van der Waals surface area contributed by atoms with Gasteiger partial charge in [-0.15, -0.1) is 0 Å². The Bertz CT molecular complexity index is 337. The zero-order valence-electron chi connectivity index (χ0n) is 10.9. The third-order valence-corrected chi connectivity index (χ3v) is 3.43. The summed E-state index contributed by atoms with van der Waals surface area (Å²) in [5.74, 6) is 0.572. The van der Waals surface area contributed by atoms with Gasteiger partial charge in [-0.1, -0.05) is 13.8 Å². The molecule has 0 aliphatic carbocycles. The van der Waals surface area contributed by atoms with E-state index in [4.69, 9.17) is 4.74 Å². The Balaban J connectivity index is 2.01. The van der Waals surface area contributed by atoms with Crippen molar-refractivity contribution < 1.29 is 4.74 Å². The van der Waals surface area contributed by atoms with Gasteiger partial charge in [0.25, 0.3) is 0 Å². The second-order valence-corrected chi connectivity index (χ2v) is 4.88. The van der Waals surface area contributed by atoms with E-state index in [1.54, 1.807) is 0 Å². The van der Waals surface area contributed by atoms with Gasteiger partial charge >= 0.3 is 0 Å². The minimum Gasteiger partial charge on any atom is -0.381 e. The number of aromatic nitrogens is 2. The van der Waals surface area contributed by atoms with Crippen LogP contribution in [0.15, 0.2) is 12.5 Å². The van der Waals surface area contributed by atoms with Crippen LogP contribution in [-0.2, 0) is 11.3 Å². The molecule has 4 nitrogen and oxygen atoms in total. The Morgan fingerprint density at radius 2 is 2.47 bits per heavy atom. The molecule has 0 bridgehead atoms. The molecule has 0 spiro atoms. The predicted octanol–water partition coefficient (Wildman–Crippen LogP) is 1.98. The van der Waals surface area contributed by atoms with Crippen LogP contribution in [0.1, 0.15) is 38.4 Å². The van der Waals surface area contributed by atoms with E-state index in [9.17, 15) is 0 Å². The van der Waals surface area contributed by atoms with Crippen LogP contribution in [0.5, 0.6) is 0 Å². The minimum absolute atomic E-state index is 0.546. The SMILES string of the molecule is CCCNCc1cncn1C1CCOCC1C. The van der Waals surface area contributed by atoms with Gasteiger partial charge in [0.15, 0.2) is 0 Å². The third kappa shape index (κ3) is 3.07. The summed E-state index contributed by atoms with van der Waals surface area (Å²) in [6.45, 7) is 8.16. The van der Waals surface area contributed by atoms with Crippen molar-refractivity contribution in [2.45, 2.75) is 39.3 Å². The van der Waals surface area contributed by atoms with Gasteiger partial charge in [0, 0.05) is 31.3 Å². The highest BCUT2D eigenvalue weighted by Gasteiger charge is 2.24. The molecule has 1 aromatic rings. The van der Waals surface area contributed by atoms with E-state index < -0.39 is 0 Å². The number of imidazole rings is 1. The van der Waals surface area contributed by atoms with Crippen molar-refractivity contribution in [2.24, 2.45) is 5.92 Å². The molecule has 0 aromatic carbocycles. The number of hydrogen-bond acceptors (Lipinski definition) is 3. The number of nitrogens with zero attached hydrogens (tertiary/aromatic N) is 2. The van der Waals surface area contributed by atoms with Gasteiger partial charge in [-0.2, -0.15) is 0 Å². The summed E-state index contributed by atoms with van der Waals surface area (Å²) < 4.78 is 7.83. The Kier molecular flexibility index (Phi) is 4.57. The summed E-state index contributed by atoms with van der Waals surface area (Å²) >= 11 is 0. The molecule has 1 aliphatic heterocycles. The molecule has 2 heterocycles. The fourth-order valence-electron chi connectivity index (χ4n) is 2.44. The van der Waals surface area contributed by atoms with Gasteiger partial charge in [-0.25, -0.2) is 4.98 Å². The summed E-state index contributed by atoms with van der Waals surface area (Å²) in [6, 6.07) is 0.546. The second kappa shape index (κ2) is 6.17. The van der Waals surface area contributed by atoms with E-state index in [2.05, 4.69) is 28.7 Å². The Morgan fingerprint density at radius 1 is 1.59 bits per heavy atom. The predicted molar refractivity (Wildman–Crippen MR) is 67.9 cm³/mol. The monoisotopic (exact) mass is 237 g/mol. The Morgan fingerprint density at radius 3 is 3.24 bits per heavy atom. The fraction of sp³-hybridized carbons (Fsp3) is 0.769. The number of ether oxygens (including phenoxy) is 1. The normalized spacial score (nSPS) is 25.1. The first-order chi connectivity index (χ1) is 8.33. The van der Waals surface area contributed by atoms with Crippen LogP contribution >= 0.6 is 0 Å². The van der Waals surface area contributed by atoms with Gasteiger partial charge < -0.3 is 14.6 Å². The maximum atomic E-state index is 5.50. The van der Waals surface area contributed by atoms with E-state index in [0.29, 0.717) is 12.0 Å². The highest BCUT2D eigenvalue weighted by atomic mass is 16.5. The first-order valence-electron chi connectivity index (χ1n) is 6.62. The molecule has 4 heteroatoms. The lowest BCUT2D eigenvalue weighted by Crippen LogP contribution is -2.29. The molecule has 1 aliphatic rings. The topological polar surface area (TPSA) is 39.1 Å². The summed E-state index contributed by atoms with van der Waals surface area (Å²) in [4.78, 5) is 4.29. The van der Waals surface area contributed by atoms with Crippen LogP contribution in [0.25, 0.3) is 0 Å². The van der Waals surface area contributed by atoms with Crippen molar-refractivity contribution in [3.05, 3.63) is 18.2 Å². The van der Waals surface area contributed by atoms with Crippen molar-refractivity contribution in [3.8, 4) is 0 Å². The average molecular weight is 237 g/mol. The maximum Gasteiger partial charge on any atom is 0.0951 e. The van der Waals surface area contributed by atoms with Crippen LogP contribution in [0.2, 0.25) is 0 Å². The van der Waals surface area contributed by atoms with Crippen molar-refractivity contribution >= 4 is 0 Å². The first-order valence-corrected chi connectivity index (χ1v) is 6.62. The molecule has 1 fully saturated rings. The zero-order valence-corrected chi connectivity index (χ0v) is 10.9. The van der Waals surface area contributed by atoms with Crippen molar-refractivity contribution in [2.75, 3.05) is 19.8 Å². The fourth-order valence-corrected chi connectivity index (χ4v) is 2.44. The lowest BCUT2D eigenvalue weighted by Gasteiger charge is -2.31. The van der Waals surface area contributed by atoms with E-state index >= 15 is 0 Å². The smallest absolute Gasteiger partial charge is 0.0951 e. The zero-order chi connectivity index (χ0) is 12.1. The lowest BCUT2D eigenvalue weighted by atomic mass is 9.97. The van der Waals surface area contributed by atoms with Gasteiger partial charge in [0.2, 0.25) is 0 Å². The third-order valence-electron chi connectivity index (χ3n) is 3.43. The molecule has 1 N–H and O–H groups in total. The molecule has 0 saturated carbocycles. The van der Waals surface area contributed by atoms with E-state index in [1.165, 1.54) is 12.1 Å². The van der Waals surface area contributed by atoms with Gasteiger partial charge in [-0.3, -0.25) is 0 Å². The van der Waals surface area contributed by atoms with E-state index in [-0.39, 0.29) is 0 Å². The van der Waals surface area contributed by atoms with Crippen LogP contribution in [-0.4, -0.2) is 29.3 Å². The molecule has 2 unspecified atom stereocenters. The quantitative estimate of drug-likeness (QED) is 0.796. The maximum absolute atomic E-state index is 5.50. The van der Waals surface area contributed by atoms with Crippen molar-refractivity contribution in [1.82, 2.24) is 14.9 Å². The molecule has 2 rings (SSSR count). The summed E-state index contributed by atoms with van der Waals surface area (Å²) in [6.07, 6.45) is 6.21. The van der Waals surface area contributed by atoms with Gasteiger partial charge in [-0.05, 0) is 19.4 Å². The number of nitrogens with one attached hydrogen (secondary N) is 1. The summed E-state index contributed by atoms with van der Waals surface area (Å²) in [5, 5.41) is 3.44. The number of rotatable bonds is 5. The second-order valence-electron chi connectivity index (χ2n) is 4.88. The summed E-state index contributed by atoms with van der Waals surface area (Å²) in [5.41, 5.74) is 1.29. The summed E-state index contributed by atoms with van der Waals surface area (Å²) in [7, 11) is 0. The molecule has 2 atom stereocenters. The van der Waals surface area contributed by atoms with Crippen molar-refractivity contribution in [1.29, 1.82) is 0 Å². The minimum atomic E-state index is 0.546. The highest BCUT2D eigenvalue weighted by Crippen LogP contribution is 2.27. The highest BCUT2D eigenvalue weighted by molar-refractivity contribution is 5.01. The van der Waals surface area contributed by atoms with Gasteiger partial charge in [0.05, 0.1) is 18.6 Å².